The van der Waals surface area contributed by atoms with Gasteiger partial charge >= 0.3 is 0 Å². The van der Waals surface area contributed by atoms with Crippen molar-refractivity contribution in [1.82, 2.24) is 9.80 Å². The fourth-order valence-corrected chi connectivity index (χ4v) is 3.46. The topological polar surface area (TPSA) is 66.7 Å². The minimum absolute atomic E-state index is 0.00436. The summed E-state index contributed by atoms with van der Waals surface area (Å²) in [7, 11) is 0. The number of halogens is 1. The van der Waals surface area contributed by atoms with E-state index in [4.69, 9.17) is 11.6 Å². The van der Waals surface area contributed by atoms with Crippen LogP contribution in [0.1, 0.15) is 22.8 Å². The number of nitro groups is 1. The van der Waals surface area contributed by atoms with Crippen molar-refractivity contribution in [1.29, 1.82) is 0 Å². The maximum atomic E-state index is 12.9. The molecule has 7 heteroatoms. The van der Waals surface area contributed by atoms with E-state index in [1.165, 1.54) is 23.8 Å². The van der Waals surface area contributed by atoms with Crippen molar-refractivity contribution in [2.24, 2.45) is 0 Å². The molecule has 0 aliphatic carbocycles. The quantitative estimate of drug-likeness (QED) is 0.606. The van der Waals surface area contributed by atoms with Gasteiger partial charge in [-0.05, 0) is 18.6 Å². The van der Waals surface area contributed by atoms with Crippen LogP contribution in [0.15, 0.2) is 48.5 Å². The van der Waals surface area contributed by atoms with Gasteiger partial charge in [0.25, 0.3) is 11.6 Å². The molecule has 1 aliphatic heterocycles. The number of rotatable bonds is 4. The van der Waals surface area contributed by atoms with Crippen molar-refractivity contribution in [3.8, 4) is 0 Å². The van der Waals surface area contributed by atoms with Crippen molar-refractivity contribution in [3.63, 3.8) is 0 Å². The van der Waals surface area contributed by atoms with E-state index >= 15 is 0 Å². The highest BCUT2D eigenvalue weighted by Gasteiger charge is 2.29. The van der Waals surface area contributed by atoms with Gasteiger partial charge in [0.05, 0.1) is 15.5 Å². The van der Waals surface area contributed by atoms with Crippen LogP contribution in [0.4, 0.5) is 5.69 Å². The molecule has 2 aromatic carbocycles. The zero-order valence-electron chi connectivity index (χ0n) is 14.5. The summed E-state index contributed by atoms with van der Waals surface area (Å²) in [6, 6.07) is 14.2. The van der Waals surface area contributed by atoms with Gasteiger partial charge in [0.2, 0.25) is 0 Å². The van der Waals surface area contributed by atoms with Gasteiger partial charge in [0.1, 0.15) is 0 Å². The number of hydrogen-bond acceptors (Lipinski definition) is 4. The van der Waals surface area contributed by atoms with Crippen LogP contribution < -0.4 is 0 Å². The Kier molecular flexibility index (Phi) is 5.54. The van der Waals surface area contributed by atoms with Crippen LogP contribution in [-0.4, -0.2) is 46.3 Å². The average molecular weight is 374 g/mol. The molecule has 0 saturated carbocycles. The van der Waals surface area contributed by atoms with E-state index in [1.54, 1.807) is 4.90 Å². The molecule has 1 atom stereocenters. The fraction of sp³-hybridized carbons (Fsp3) is 0.316. The summed E-state index contributed by atoms with van der Waals surface area (Å²) >= 11 is 6.12. The number of amides is 1. The number of nitro benzene ring substituents is 1. The molecular weight excluding hydrogens is 354 g/mol. The summed E-state index contributed by atoms with van der Waals surface area (Å²) in [6.45, 7) is 4.88. The van der Waals surface area contributed by atoms with Crippen LogP contribution in [0.5, 0.6) is 0 Å². The van der Waals surface area contributed by atoms with Crippen molar-refractivity contribution in [3.05, 3.63) is 74.8 Å². The molecule has 0 radical (unpaired) electrons. The highest BCUT2D eigenvalue weighted by Crippen LogP contribution is 2.25. The van der Waals surface area contributed by atoms with Gasteiger partial charge in [-0.15, -0.1) is 0 Å². The first-order valence-corrected chi connectivity index (χ1v) is 8.84. The van der Waals surface area contributed by atoms with E-state index in [-0.39, 0.29) is 28.2 Å². The van der Waals surface area contributed by atoms with Crippen LogP contribution >= 0.6 is 11.6 Å². The lowest BCUT2D eigenvalue weighted by Crippen LogP contribution is -2.53. The first-order chi connectivity index (χ1) is 12.5. The van der Waals surface area contributed by atoms with Crippen LogP contribution in [-0.2, 0) is 6.54 Å². The van der Waals surface area contributed by atoms with E-state index in [1.807, 2.05) is 25.1 Å². The molecule has 1 fully saturated rings. The van der Waals surface area contributed by atoms with Gasteiger partial charge in [0.15, 0.2) is 0 Å². The van der Waals surface area contributed by atoms with E-state index in [0.29, 0.717) is 6.54 Å². The third-order valence-corrected chi connectivity index (χ3v) is 4.94. The molecule has 3 rings (SSSR count). The molecule has 0 N–H and O–H groups in total. The Bertz CT molecular complexity index is 813. The normalized spacial score (nSPS) is 17.9. The number of carbonyl (C=O) groups excluding carboxylic acids is 1. The number of nitrogens with zero attached hydrogens (tertiary/aromatic N) is 3. The Labute approximate surface area is 157 Å². The molecule has 0 spiro atoms. The summed E-state index contributed by atoms with van der Waals surface area (Å²) in [5.74, 6) is -0.259. The van der Waals surface area contributed by atoms with Crippen LogP contribution in [0, 0.1) is 10.1 Å². The lowest BCUT2D eigenvalue weighted by atomic mass is 10.1. The maximum absolute atomic E-state index is 12.9. The summed E-state index contributed by atoms with van der Waals surface area (Å²) in [4.78, 5) is 27.4. The van der Waals surface area contributed by atoms with Crippen LogP contribution in [0.2, 0.25) is 5.02 Å². The predicted octanol–water partition coefficient (Wildman–Crippen LogP) is 3.59. The standard InChI is InChI=1S/C19H20ClN3O3/c1-14-12-21(13-15-5-3-2-4-6-15)9-10-22(14)19(24)17-11-16(23(25)26)7-8-18(17)20/h2-8,11,14H,9-10,12-13H2,1H3. The molecular formula is C19H20ClN3O3. The Morgan fingerprint density at radius 2 is 1.96 bits per heavy atom. The predicted molar refractivity (Wildman–Crippen MR) is 100 cm³/mol. The maximum Gasteiger partial charge on any atom is 0.270 e. The van der Waals surface area contributed by atoms with Crippen molar-refractivity contribution >= 4 is 23.2 Å². The van der Waals surface area contributed by atoms with Crippen molar-refractivity contribution in [2.45, 2.75) is 19.5 Å². The van der Waals surface area contributed by atoms with Gasteiger partial charge in [-0.1, -0.05) is 41.9 Å². The highest BCUT2D eigenvalue weighted by molar-refractivity contribution is 6.33. The number of benzene rings is 2. The summed E-state index contributed by atoms with van der Waals surface area (Å²) < 4.78 is 0. The Balaban J connectivity index is 1.70. The molecule has 0 bridgehead atoms. The molecule has 6 nitrogen and oxygen atoms in total. The average Bonchev–Trinajstić information content (AvgIpc) is 2.62. The fourth-order valence-electron chi connectivity index (χ4n) is 3.27. The SMILES string of the molecule is CC1CN(Cc2ccccc2)CCN1C(=O)c1cc([N+](=O)[O-])ccc1Cl. The lowest BCUT2D eigenvalue weighted by Gasteiger charge is -2.40. The smallest absolute Gasteiger partial charge is 0.270 e. The lowest BCUT2D eigenvalue weighted by molar-refractivity contribution is -0.384. The second-order valence-electron chi connectivity index (χ2n) is 6.49. The minimum Gasteiger partial charge on any atom is -0.333 e. The second kappa shape index (κ2) is 7.85. The molecule has 1 saturated heterocycles. The highest BCUT2D eigenvalue weighted by atomic mass is 35.5. The Morgan fingerprint density at radius 1 is 1.23 bits per heavy atom. The zero-order valence-corrected chi connectivity index (χ0v) is 15.2. The first kappa shape index (κ1) is 18.4. The van der Waals surface area contributed by atoms with E-state index < -0.39 is 4.92 Å². The Morgan fingerprint density at radius 3 is 2.62 bits per heavy atom. The van der Waals surface area contributed by atoms with Crippen LogP contribution in [0.3, 0.4) is 0 Å². The molecule has 1 unspecified atom stereocenters. The van der Waals surface area contributed by atoms with Gasteiger partial charge in [0, 0.05) is 44.4 Å². The molecule has 136 valence electrons. The number of piperazine rings is 1. The summed E-state index contributed by atoms with van der Waals surface area (Å²) in [5, 5.41) is 11.2. The van der Waals surface area contributed by atoms with Gasteiger partial charge < -0.3 is 4.90 Å². The van der Waals surface area contributed by atoms with Crippen LogP contribution in [0.25, 0.3) is 0 Å². The molecule has 2 aromatic rings. The monoisotopic (exact) mass is 373 g/mol. The Hall–Kier alpha value is -2.44. The van der Waals surface area contributed by atoms with Gasteiger partial charge in [-0.2, -0.15) is 0 Å². The minimum atomic E-state index is -0.520. The third kappa shape index (κ3) is 4.03. The van der Waals surface area contributed by atoms with E-state index in [9.17, 15) is 14.9 Å². The number of carbonyl (C=O) groups is 1. The summed E-state index contributed by atoms with van der Waals surface area (Å²) in [5.41, 5.74) is 1.29. The van der Waals surface area contributed by atoms with E-state index in [2.05, 4.69) is 17.0 Å². The largest absolute Gasteiger partial charge is 0.333 e. The zero-order chi connectivity index (χ0) is 18.7. The van der Waals surface area contributed by atoms with Crippen molar-refractivity contribution in [2.75, 3.05) is 19.6 Å². The molecule has 1 amide bonds. The molecule has 1 aliphatic rings. The molecule has 0 aromatic heterocycles. The first-order valence-electron chi connectivity index (χ1n) is 8.47. The second-order valence-corrected chi connectivity index (χ2v) is 6.90. The molecule has 1 heterocycles. The van der Waals surface area contributed by atoms with E-state index in [0.717, 1.165) is 19.6 Å². The summed E-state index contributed by atoms with van der Waals surface area (Å²) in [6.07, 6.45) is 0. The van der Waals surface area contributed by atoms with Crippen molar-refractivity contribution < 1.29 is 9.72 Å². The third-order valence-electron chi connectivity index (χ3n) is 4.61. The number of hydrogen-bond donors (Lipinski definition) is 0. The number of non-ortho nitro benzene ring substituents is 1. The molecule has 26 heavy (non-hydrogen) atoms. The van der Waals surface area contributed by atoms with Gasteiger partial charge in [-0.25, -0.2) is 0 Å². The van der Waals surface area contributed by atoms with Gasteiger partial charge in [-0.3, -0.25) is 19.8 Å².